The van der Waals surface area contributed by atoms with E-state index in [9.17, 15) is 0 Å². The number of nitrogens with zero attached hydrogens (tertiary/aromatic N) is 3. The van der Waals surface area contributed by atoms with Crippen LogP contribution in [0, 0.1) is 0 Å². The molecule has 2 fully saturated rings. The SMILES string of the molecule is CN1CCCC1c1cccnc1N1CCOCC1. The molecule has 2 aliphatic heterocycles. The maximum absolute atomic E-state index is 5.43. The molecular formula is C14H21N3O. The van der Waals surface area contributed by atoms with Gasteiger partial charge >= 0.3 is 0 Å². The van der Waals surface area contributed by atoms with Crippen molar-refractivity contribution in [3.8, 4) is 0 Å². The van der Waals surface area contributed by atoms with Gasteiger partial charge in [-0.1, -0.05) is 6.07 Å². The highest BCUT2D eigenvalue weighted by Gasteiger charge is 2.27. The van der Waals surface area contributed by atoms with Crippen LogP contribution in [-0.4, -0.2) is 49.8 Å². The Morgan fingerprint density at radius 1 is 1.28 bits per heavy atom. The Morgan fingerprint density at radius 2 is 2.11 bits per heavy atom. The third-order valence-corrected chi connectivity index (χ3v) is 4.01. The first-order chi connectivity index (χ1) is 8.86. The van der Waals surface area contributed by atoms with Gasteiger partial charge in [-0.25, -0.2) is 4.98 Å². The molecule has 4 nitrogen and oxygen atoms in total. The quantitative estimate of drug-likeness (QED) is 0.795. The van der Waals surface area contributed by atoms with E-state index in [1.807, 2.05) is 6.20 Å². The van der Waals surface area contributed by atoms with Gasteiger partial charge in [0.1, 0.15) is 5.82 Å². The Kier molecular flexibility index (Phi) is 3.48. The highest BCUT2D eigenvalue weighted by Crippen LogP contribution is 2.35. The summed E-state index contributed by atoms with van der Waals surface area (Å²) in [5, 5.41) is 0. The smallest absolute Gasteiger partial charge is 0.133 e. The van der Waals surface area contributed by atoms with E-state index in [1.165, 1.54) is 30.8 Å². The van der Waals surface area contributed by atoms with Crippen LogP contribution >= 0.6 is 0 Å². The molecule has 4 heteroatoms. The van der Waals surface area contributed by atoms with Crippen LogP contribution in [-0.2, 0) is 4.74 Å². The maximum atomic E-state index is 5.43. The van der Waals surface area contributed by atoms with Crippen molar-refractivity contribution in [1.29, 1.82) is 0 Å². The fourth-order valence-electron chi connectivity index (χ4n) is 3.01. The van der Waals surface area contributed by atoms with Crippen molar-refractivity contribution in [3.63, 3.8) is 0 Å². The van der Waals surface area contributed by atoms with Crippen molar-refractivity contribution in [2.45, 2.75) is 18.9 Å². The van der Waals surface area contributed by atoms with Crippen LogP contribution in [0.15, 0.2) is 18.3 Å². The summed E-state index contributed by atoms with van der Waals surface area (Å²) in [5.41, 5.74) is 1.39. The van der Waals surface area contributed by atoms with E-state index in [4.69, 9.17) is 4.74 Å². The molecule has 0 aromatic carbocycles. The zero-order valence-electron chi connectivity index (χ0n) is 11.0. The van der Waals surface area contributed by atoms with Crippen LogP contribution < -0.4 is 4.90 Å². The molecule has 0 spiro atoms. The number of morpholine rings is 1. The van der Waals surface area contributed by atoms with Gasteiger partial charge in [-0.05, 0) is 32.5 Å². The lowest BCUT2D eigenvalue weighted by atomic mass is 10.0. The van der Waals surface area contributed by atoms with Crippen molar-refractivity contribution in [3.05, 3.63) is 23.9 Å². The zero-order chi connectivity index (χ0) is 12.4. The Labute approximate surface area is 109 Å². The van der Waals surface area contributed by atoms with Gasteiger partial charge in [0, 0.05) is 30.9 Å². The predicted octanol–water partition coefficient (Wildman–Crippen LogP) is 1.68. The topological polar surface area (TPSA) is 28.6 Å². The minimum Gasteiger partial charge on any atom is -0.378 e. The van der Waals surface area contributed by atoms with Crippen molar-refractivity contribution in [2.24, 2.45) is 0 Å². The monoisotopic (exact) mass is 247 g/mol. The summed E-state index contributed by atoms with van der Waals surface area (Å²) in [5.74, 6) is 1.17. The van der Waals surface area contributed by atoms with Gasteiger partial charge < -0.3 is 9.64 Å². The fourth-order valence-corrected chi connectivity index (χ4v) is 3.01. The summed E-state index contributed by atoms with van der Waals surface area (Å²) in [7, 11) is 2.22. The first kappa shape index (κ1) is 11.9. The van der Waals surface area contributed by atoms with E-state index in [-0.39, 0.29) is 0 Å². The zero-order valence-corrected chi connectivity index (χ0v) is 11.0. The third kappa shape index (κ3) is 2.22. The Balaban J connectivity index is 1.89. The normalized spacial score (nSPS) is 25.6. The Bertz CT molecular complexity index is 404. The van der Waals surface area contributed by atoms with Crippen molar-refractivity contribution in [2.75, 3.05) is 44.8 Å². The maximum Gasteiger partial charge on any atom is 0.133 e. The first-order valence-corrected chi connectivity index (χ1v) is 6.84. The summed E-state index contributed by atoms with van der Waals surface area (Å²) in [4.78, 5) is 9.44. The van der Waals surface area contributed by atoms with Crippen LogP contribution in [0.3, 0.4) is 0 Å². The van der Waals surface area contributed by atoms with Crippen molar-refractivity contribution in [1.82, 2.24) is 9.88 Å². The number of anilines is 1. The number of likely N-dealkylation sites (tertiary alicyclic amines) is 1. The minimum absolute atomic E-state index is 0.538. The van der Waals surface area contributed by atoms with Crippen LogP contribution in [0.2, 0.25) is 0 Å². The van der Waals surface area contributed by atoms with Gasteiger partial charge in [-0.2, -0.15) is 0 Å². The molecule has 0 radical (unpaired) electrons. The molecule has 98 valence electrons. The second kappa shape index (κ2) is 5.24. The van der Waals surface area contributed by atoms with Crippen LogP contribution in [0.1, 0.15) is 24.4 Å². The molecule has 1 unspecified atom stereocenters. The molecule has 1 aromatic rings. The van der Waals surface area contributed by atoms with E-state index in [2.05, 4.69) is 34.0 Å². The number of hydrogen-bond acceptors (Lipinski definition) is 4. The molecule has 0 N–H and O–H groups in total. The molecule has 0 bridgehead atoms. The first-order valence-electron chi connectivity index (χ1n) is 6.84. The van der Waals surface area contributed by atoms with E-state index in [0.717, 1.165) is 26.3 Å². The standard InChI is InChI=1S/C14H21N3O/c1-16-7-3-5-13(16)12-4-2-6-15-14(12)17-8-10-18-11-9-17/h2,4,6,13H,3,5,7-11H2,1H3. The molecule has 18 heavy (non-hydrogen) atoms. The Hall–Kier alpha value is -1.13. The molecular weight excluding hydrogens is 226 g/mol. The molecule has 3 rings (SSSR count). The molecule has 2 saturated heterocycles. The number of ether oxygens (including phenoxy) is 1. The lowest BCUT2D eigenvalue weighted by Gasteiger charge is -2.31. The molecule has 3 heterocycles. The molecule has 0 saturated carbocycles. The molecule has 0 aliphatic carbocycles. The van der Waals surface area contributed by atoms with Gasteiger partial charge in [0.2, 0.25) is 0 Å². The van der Waals surface area contributed by atoms with Crippen molar-refractivity contribution >= 4 is 5.82 Å². The molecule has 2 aliphatic rings. The van der Waals surface area contributed by atoms with Crippen LogP contribution in [0.4, 0.5) is 5.82 Å². The lowest BCUT2D eigenvalue weighted by molar-refractivity contribution is 0.122. The molecule has 1 aromatic heterocycles. The Morgan fingerprint density at radius 3 is 2.83 bits per heavy atom. The van der Waals surface area contributed by atoms with Crippen LogP contribution in [0.5, 0.6) is 0 Å². The summed E-state index contributed by atoms with van der Waals surface area (Å²) >= 11 is 0. The number of rotatable bonds is 2. The summed E-state index contributed by atoms with van der Waals surface area (Å²) in [6.45, 7) is 4.75. The summed E-state index contributed by atoms with van der Waals surface area (Å²) in [6.07, 6.45) is 4.45. The number of aromatic nitrogens is 1. The second-order valence-corrected chi connectivity index (χ2v) is 5.15. The van der Waals surface area contributed by atoms with E-state index >= 15 is 0 Å². The number of pyridine rings is 1. The average molecular weight is 247 g/mol. The highest BCUT2D eigenvalue weighted by atomic mass is 16.5. The van der Waals surface area contributed by atoms with E-state index in [1.54, 1.807) is 0 Å². The molecule has 1 atom stereocenters. The lowest BCUT2D eigenvalue weighted by Crippen LogP contribution is -2.38. The second-order valence-electron chi connectivity index (χ2n) is 5.15. The highest BCUT2D eigenvalue weighted by molar-refractivity contribution is 5.49. The van der Waals surface area contributed by atoms with Gasteiger partial charge in [0.25, 0.3) is 0 Å². The number of hydrogen-bond donors (Lipinski definition) is 0. The van der Waals surface area contributed by atoms with E-state index < -0.39 is 0 Å². The van der Waals surface area contributed by atoms with Gasteiger partial charge in [-0.3, -0.25) is 4.90 Å². The fraction of sp³-hybridized carbons (Fsp3) is 0.643. The third-order valence-electron chi connectivity index (χ3n) is 4.01. The van der Waals surface area contributed by atoms with Gasteiger partial charge in [0.15, 0.2) is 0 Å². The van der Waals surface area contributed by atoms with Crippen LogP contribution in [0.25, 0.3) is 0 Å². The summed E-state index contributed by atoms with van der Waals surface area (Å²) in [6, 6.07) is 4.84. The van der Waals surface area contributed by atoms with Gasteiger partial charge in [0.05, 0.1) is 13.2 Å². The minimum atomic E-state index is 0.538. The van der Waals surface area contributed by atoms with Gasteiger partial charge in [-0.15, -0.1) is 0 Å². The predicted molar refractivity (Wildman–Crippen MR) is 71.9 cm³/mol. The largest absolute Gasteiger partial charge is 0.378 e. The average Bonchev–Trinajstić information content (AvgIpc) is 2.86. The summed E-state index contributed by atoms with van der Waals surface area (Å²) < 4.78 is 5.43. The van der Waals surface area contributed by atoms with E-state index in [0.29, 0.717) is 6.04 Å². The molecule has 0 amide bonds. The van der Waals surface area contributed by atoms with Crippen molar-refractivity contribution < 1.29 is 4.74 Å².